The molecule has 2 heteroatoms. The third-order valence-electron chi connectivity index (χ3n) is 7.95. The van der Waals surface area contributed by atoms with E-state index in [9.17, 15) is 9.90 Å². The number of rotatable bonds is 0. The van der Waals surface area contributed by atoms with Crippen LogP contribution in [0, 0.1) is 35.0 Å². The van der Waals surface area contributed by atoms with Gasteiger partial charge in [0.1, 0.15) is 5.78 Å². The zero-order valence-electron chi connectivity index (χ0n) is 13.6. The highest BCUT2D eigenvalue weighted by Gasteiger charge is 2.57. The van der Waals surface area contributed by atoms with Crippen LogP contribution >= 0.6 is 0 Å². The van der Waals surface area contributed by atoms with Gasteiger partial charge in [-0.25, -0.2) is 0 Å². The van der Waals surface area contributed by atoms with Crippen molar-refractivity contribution in [1.29, 1.82) is 0 Å². The van der Waals surface area contributed by atoms with Crippen LogP contribution in [0.3, 0.4) is 0 Å². The molecule has 21 heavy (non-hydrogen) atoms. The van der Waals surface area contributed by atoms with Crippen molar-refractivity contribution in [3.63, 3.8) is 0 Å². The molecule has 4 fully saturated rings. The summed E-state index contributed by atoms with van der Waals surface area (Å²) in [5, 5.41) is 10.4. The Labute approximate surface area is 128 Å². The van der Waals surface area contributed by atoms with Gasteiger partial charge in [-0.05, 0) is 87.9 Å². The Morgan fingerprint density at radius 1 is 0.952 bits per heavy atom. The van der Waals surface area contributed by atoms with Gasteiger partial charge in [-0.1, -0.05) is 6.92 Å². The molecule has 4 aliphatic rings. The lowest BCUT2D eigenvalue weighted by Gasteiger charge is -2.55. The summed E-state index contributed by atoms with van der Waals surface area (Å²) in [5.41, 5.74) is -0.394. The minimum absolute atomic E-state index is 0.0220. The van der Waals surface area contributed by atoms with Crippen LogP contribution in [0.1, 0.15) is 71.6 Å². The largest absolute Gasteiger partial charge is 0.390 e. The Morgan fingerprint density at radius 2 is 1.71 bits per heavy atom. The van der Waals surface area contributed by atoms with E-state index in [0.29, 0.717) is 11.7 Å². The van der Waals surface area contributed by atoms with Gasteiger partial charge in [0.2, 0.25) is 0 Å². The Hall–Kier alpha value is -0.370. The molecule has 1 unspecified atom stereocenters. The first-order chi connectivity index (χ1) is 9.91. The molecule has 2 nitrogen and oxygen atoms in total. The third kappa shape index (κ3) is 2.04. The van der Waals surface area contributed by atoms with Crippen LogP contribution in [0.2, 0.25) is 0 Å². The molecule has 1 N–H and O–H groups in total. The third-order valence-corrected chi connectivity index (χ3v) is 7.95. The highest BCUT2D eigenvalue weighted by Crippen LogP contribution is 2.61. The van der Waals surface area contributed by atoms with E-state index in [-0.39, 0.29) is 5.41 Å². The van der Waals surface area contributed by atoms with Gasteiger partial charge in [-0.2, -0.15) is 0 Å². The predicted molar refractivity (Wildman–Crippen MR) is 82.7 cm³/mol. The Kier molecular flexibility index (Phi) is 3.10. The van der Waals surface area contributed by atoms with Crippen LogP contribution in [0.25, 0.3) is 0 Å². The van der Waals surface area contributed by atoms with Gasteiger partial charge in [-0.3, -0.25) is 4.79 Å². The smallest absolute Gasteiger partial charge is 0.139 e. The number of aliphatic hydroxyl groups is 1. The first-order valence-electron chi connectivity index (χ1n) is 9.16. The maximum Gasteiger partial charge on any atom is 0.139 e. The SMILES string of the molecule is C[C@@]1(O)CC[C@H]2C(CC[C@@H]3[C@@H]2CC[C@]2(C)C(=O)CC[C@@H]32)C1. The second-order valence-corrected chi connectivity index (χ2v) is 9.09. The molecule has 4 aliphatic carbocycles. The van der Waals surface area contributed by atoms with Crippen molar-refractivity contribution in [2.45, 2.75) is 77.2 Å². The van der Waals surface area contributed by atoms with Crippen LogP contribution in [0.5, 0.6) is 0 Å². The monoisotopic (exact) mass is 290 g/mol. The minimum Gasteiger partial charge on any atom is -0.390 e. The van der Waals surface area contributed by atoms with E-state index in [4.69, 9.17) is 0 Å². The number of Topliss-reactive ketones (excluding diaryl/α,β-unsaturated/α-hetero) is 1. The van der Waals surface area contributed by atoms with E-state index in [0.717, 1.165) is 55.8 Å². The van der Waals surface area contributed by atoms with Crippen LogP contribution in [0.4, 0.5) is 0 Å². The van der Waals surface area contributed by atoms with Crippen molar-refractivity contribution in [2.24, 2.45) is 35.0 Å². The van der Waals surface area contributed by atoms with Crippen molar-refractivity contribution < 1.29 is 9.90 Å². The molecule has 0 aliphatic heterocycles. The molecule has 0 aromatic carbocycles. The normalized spacial score (nSPS) is 56.5. The molecule has 0 spiro atoms. The molecule has 7 atom stereocenters. The highest BCUT2D eigenvalue weighted by atomic mass is 16.3. The summed E-state index contributed by atoms with van der Waals surface area (Å²) in [6, 6.07) is 0. The molecule has 0 amide bonds. The Balaban J connectivity index is 1.57. The van der Waals surface area contributed by atoms with Crippen LogP contribution < -0.4 is 0 Å². The zero-order chi connectivity index (χ0) is 14.8. The fourth-order valence-electron chi connectivity index (χ4n) is 6.85. The van der Waals surface area contributed by atoms with Crippen molar-refractivity contribution >= 4 is 5.78 Å². The lowest BCUT2D eigenvalue weighted by atomic mass is 9.50. The number of hydrogen-bond acceptors (Lipinski definition) is 2. The molecule has 0 heterocycles. The maximum atomic E-state index is 12.3. The zero-order valence-corrected chi connectivity index (χ0v) is 13.6. The number of carbonyl (C=O) groups excluding carboxylic acids is 1. The van der Waals surface area contributed by atoms with Crippen molar-refractivity contribution in [3.05, 3.63) is 0 Å². The summed E-state index contributed by atoms with van der Waals surface area (Å²) < 4.78 is 0. The lowest BCUT2D eigenvalue weighted by Crippen LogP contribution is -2.50. The average molecular weight is 290 g/mol. The van der Waals surface area contributed by atoms with Gasteiger partial charge in [0.15, 0.2) is 0 Å². The molecule has 0 saturated heterocycles. The van der Waals surface area contributed by atoms with Gasteiger partial charge in [-0.15, -0.1) is 0 Å². The van der Waals surface area contributed by atoms with E-state index in [1.165, 1.54) is 25.7 Å². The van der Waals surface area contributed by atoms with Gasteiger partial charge in [0.05, 0.1) is 5.60 Å². The standard InChI is InChI=1S/C19H30O2/c1-18(21)9-7-13-12(11-18)3-4-15-14(13)8-10-19(2)16(15)5-6-17(19)20/h12-16,21H,3-11H2,1-2H3/t12?,13-,14+,15+,16-,18+,19-/m0/s1. The topological polar surface area (TPSA) is 37.3 Å². The van der Waals surface area contributed by atoms with E-state index in [1.807, 2.05) is 6.92 Å². The molecular weight excluding hydrogens is 260 g/mol. The van der Waals surface area contributed by atoms with Crippen molar-refractivity contribution in [2.75, 3.05) is 0 Å². The van der Waals surface area contributed by atoms with E-state index < -0.39 is 5.60 Å². The lowest BCUT2D eigenvalue weighted by molar-refractivity contribution is -0.134. The van der Waals surface area contributed by atoms with Gasteiger partial charge >= 0.3 is 0 Å². The van der Waals surface area contributed by atoms with Crippen molar-refractivity contribution in [3.8, 4) is 0 Å². The van der Waals surface area contributed by atoms with Crippen LogP contribution in [-0.4, -0.2) is 16.5 Å². The average Bonchev–Trinajstić information content (AvgIpc) is 2.73. The summed E-state index contributed by atoms with van der Waals surface area (Å²) in [5.74, 6) is 4.47. The molecule has 0 aromatic rings. The maximum absolute atomic E-state index is 12.3. The predicted octanol–water partition coefficient (Wildman–Crippen LogP) is 3.96. The summed E-state index contributed by atoms with van der Waals surface area (Å²) in [4.78, 5) is 12.3. The summed E-state index contributed by atoms with van der Waals surface area (Å²) in [6.07, 6.45) is 10.2. The first-order valence-corrected chi connectivity index (χ1v) is 9.16. The summed E-state index contributed by atoms with van der Waals surface area (Å²) >= 11 is 0. The molecule has 0 bridgehead atoms. The van der Waals surface area contributed by atoms with Gasteiger partial charge in [0.25, 0.3) is 0 Å². The van der Waals surface area contributed by atoms with Crippen molar-refractivity contribution in [1.82, 2.24) is 0 Å². The van der Waals surface area contributed by atoms with E-state index >= 15 is 0 Å². The van der Waals surface area contributed by atoms with Crippen LogP contribution in [0.15, 0.2) is 0 Å². The molecular formula is C19H30O2. The fraction of sp³-hybridized carbons (Fsp3) is 0.947. The minimum atomic E-state index is -0.416. The summed E-state index contributed by atoms with van der Waals surface area (Å²) in [7, 11) is 0. The molecule has 4 rings (SSSR count). The van der Waals surface area contributed by atoms with Gasteiger partial charge < -0.3 is 5.11 Å². The second kappa shape index (κ2) is 4.57. The summed E-state index contributed by atoms with van der Waals surface area (Å²) in [6.45, 7) is 4.30. The molecule has 0 aromatic heterocycles. The Morgan fingerprint density at radius 3 is 2.52 bits per heavy atom. The molecule has 0 radical (unpaired) electrons. The van der Waals surface area contributed by atoms with E-state index in [2.05, 4.69) is 6.92 Å². The number of carbonyl (C=O) groups is 1. The quantitative estimate of drug-likeness (QED) is 0.733. The van der Waals surface area contributed by atoms with Gasteiger partial charge in [0, 0.05) is 11.8 Å². The number of hydrogen-bond donors (Lipinski definition) is 1. The van der Waals surface area contributed by atoms with E-state index in [1.54, 1.807) is 0 Å². The fourth-order valence-corrected chi connectivity index (χ4v) is 6.85. The number of ketones is 1. The first kappa shape index (κ1) is 14.2. The molecule has 4 saturated carbocycles. The Bertz CT molecular complexity index is 454. The second-order valence-electron chi connectivity index (χ2n) is 9.09. The van der Waals surface area contributed by atoms with Crippen LogP contribution in [-0.2, 0) is 4.79 Å². The number of fused-ring (bicyclic) bond motifs is 5. The highest BCUT2D eigenvalue weighted by molar-refractivity contribution is 5.87. The molecule has 118 valence electrons.